The van der Waals surface area contributed by atoms with Crippen LogP contribution in [0, 0.1) is 10.7 Å². The summed E-state index contributed by atoms with van der Waals surface area (Å²) in [5.41, 5.74) is 5.22. The number of piperidine rings is 1. The van der Waals surface area contributed by atoms with E-state index in [1.54, 1.807) is 21.6 Å². The van der Waals surface area contributed by atoms with Gasteiger partial charge < -0.3 is 10.2 Å². The summed E-state index contributed by atoms with van der Waals surface area (Å²) in [5.74, 6) is -0.965. The van der Waals surface area contributed by atoms with Gasteiger partial charge in [-0.1, -0.05) is 0 Å². The first-order valence-corrected chi connectivity index (χ1v) is 8.95. The monoisotopic (exact) mass is 403 g/mol. The first-order chi connectivity index (χ1) is 12.8. The first-order valence-electron chi connectivity index (χ1n) is 8.54. The number of hydrogen-bond acceptors (Lipinski definition) is 5. The van der Waals surface area contributed by atoms with Gasteiger partial charge in [-0.25, -0.2) is 4.68 Å². The molecule has 0 aromatic carbocycles. The van der Waals surface area contributed by atoms with Crippen LogP contribution < -0.4 is 5.73 Å². The maximum absolute atomic E-state index is 13.0. The maximum Gasteiger partial charge on any atom is 0.393 e. The molecule has 2 aromatic heterocycles. The van der Waals surface area contributed by atoms with Crippen LogP contribution in [-0.4, -0.2) is 44.4 Å². The molecule has 11 heteroatoms. The number of carbonyl (C=O) groups excluding carboxylic acids is 1. The molecule has 1 amide bonds. The summed E-state index contributed by atoms with van der Waals surface area (Å²) >= 11 is 5.43. The number of alkyl halides is 3. The maximum atomic E-state index is 13.0. The van der Waals surface area contributed by atoms with Gasteiger partial charge >= 0.3 is 6.18 Å². The number of aromatic nitrogens is 3. The molecule has 1 aliphatic heterocycles. The van der Waals surface area contributed by atoms with Crippen LogP contribution in [0.1, 0.15) is 19.3 Å². The Morgan fingerprint density at radius 1 is 1.44 bits per heavy atom. The molecule has 1 saturated heterocycles. The van der Waals surface area contributed by atoms with Crippen molar-refractivity contribution in [2.75, 3.05) is 13.1 Å². The molecule has 1 aliphatic rings. The van der Waals surface area contributed by atoms with Gasteiger partial charge in [-0.3, -0.25) is 14.3 Å². The molecule has 1 atom stereocenters. The summed E-state index contributed by atoms with van der Waals surface area (Å²) in [6.45, 7) is 0.812. The predicted octanol–water partition coefficient (Wildman–Crippen LogP) is 2.78. The average molecular weight is 403 g/mol. The summed E-state index contributed by atoms with van der Waals surface area (Å²) < 4.78 is 47.8. The SMILES string of the molecule is NC(=O)CCn1c(-c2ccco2)nn(CN2CCC[C@@H](C(F)(F)F)C2)c1=S. The number of carbonyl (C=O) groups is 1. The summed E-state index contributed by atoms with van der Waals surface area (Å²) in [5, 5.41) is 4.42. The Hall–Kier alpha value is -2.14. The number of hydrogen-bond donors (Lipinski definition) is 1. The van der Waals surface area contributed by atoms with Gasteiger partial charge in [0.2, 0.25) is 5.91 Å². The Morgan fingerprint density at radius 3 is 2.85 bits per heavy atom. The van der Waals surface area contributed by atoms with Gasteiger partial charge in [0.1, 0.15) is 0 Å². The van der Waals surface area contributed by atoms with Crippen molar-refractivity contribution in [3.8, 4) is 11.6 Å². The molecule has 0 aliphatic carbocycles. The number of nitrogens with zero attached hydrogens (tertiary/aromatic N) is 4. The summed E-state index contributed by atoms with van der Waals surface area (Å²) in [4.78, 5) is 12.8. The Balaban J connectivity index is 1.84. The molecule has 0 saturated carbocycles. The van der Waals surface area contributed by atoms with Crippen molar-refractivity contribution in [1.29, 1.82) is 0 Å². The molecule has 0 unspecified atom stereocenters. The fourth-order valence-corrected chi connectivity index (χ4v) is 3.46. The van der Waals surface area contributed by atoms with Gasteiger partial charge in [-0.2, -0.15) is 13.2 Å². The zero-order valence-electron chi connectivity index (χ0n) is 14.5. The third-order valence-electron chi connectivity index (χ3n) is 4.55. The van der Waals surface area contributed by atoms with E-state index in [-0.39, 0.29) is 32.6 Å². The minimum atomic E-state index is -4.21. The van der Waals surface area contributed by atoms with Crippen molar-refractivity contribution in [2.24, 2.45) is 11.7 Å². The summed E-state index contributed by atoms with van der Waals surface area (Å²) in [7, 11) is 0. The first kappa shape index (κ1) is 19.6. The van der Waals surface area contributed by atoms with Gasteiger partial charge in [0.15, 0.2) is 16.4 Å². The van der Waals surface area contributed by atoms with Gasteiger partial charge in [0.25, 0.3) is 0 Å². The quantitative estimate of drug-likeness (QED) is 0.750. The number of primary amides is 1. The number of halogens is 3. The zero-order chi connectivity index (χ0) is 19.6. The number of likely N-dealkylation sites (tertiary alicyclic amines) is 1. The second-order valence-electron chi connectivity index (χ2n) is 6.55. The molecule has 7 nitrogen and oxygen atoms in total. The van der Waals surface area contributed by atoms with E-state index < -0.39 is 18.0 Å². The lowest BCUT2D eigenvalue weighted by atomic mass is 9.98. The molecular formula is C16H20F3N5O2S. The Kier molecular flexibility index (Phi) is 5.70. The number of nitrogens with two attached hydrogens (primary N) is 1. The van der Waals surface area contributed by atoms with E-state index in [9.17, 15) is 18.0 Å². The summed E-state index contributed by atoms with van der Waals surface area (Å²) in [6, 6.07) is 3.39. The lowest BCUT2D eigenvalue weighted by molar-refractivity contribution is -0.188. The predicted molar refractivity (Wildman–Crippen MR) is 92.9 cm³/mol. The van der Waals surface area contributed by atoms with Crippen LogP contribution >= 0.6 is 12.2 Å². The fourth-order valence-electron chi connectivity index (χ4n) is 3.19. The van der Waals surface area contributed by atoms with E-state index in [4.69, 9.17) is 22.4 Å². The molecule has 27 heavy (non-hydrogen) atoms. The van der Waals surface area contributed by atoms with Crippen molar-refractivity contribution in [2.45, 2.75) is 38.7 Å². The van der Waals surface area contributed by atoms with Gasteiger partial charge in [-0.15, -0.1) is 5.10 Å². The molecule has 3 rings (SSSR count). The van der Waals surface area contributed by atoms with Crippen LogP contribution in [0.2, 0.25) is 0 Å². The molecule has 2 aromatic rings. The van der Waals surface area contributed by atoms with Gasteiger partial charge in [0.05, 0.1) is 18.8 Å². The molecule has 3 heterocycles. The smallest absolute Gasteiger partial charge is 0.393 e. The standard InChI is InChI=1S/C16H20F3N5O2S/c17-16(18,19)11-3-1-6-22(9-11)10-24-15(27)23(7-5-13(20)25)14(21-24)12-4-2-8-26-12/h2,4,8,11H,1,3,5-7,9-10H2,(H2,20,25)/t11-/m1/s1. The lowest BCUT2D eigenvalue weighted by Crippen LogP contribution is -2.42. The molecule has 0 bridgehead atoms. The average Bonchev–Trinajstić information content (AvgIpc) is 3.22. The Bertz CT molecular complexity index is 843. The fraction of sp³-hybridized carbons (Fsp3) is 0.562. The molecule has 148 valence electrons. The van der Waals surface area contributed by atoms with Crippen molar-refractivity contribution in [1.82, 2.24) is 19.2 Å². The van der Waals surface area contributed by atoms with Gasteiger partial charge in [0, 0.05) is 19.5 Å². The number of rotatable bonds is 6. The minimum absolute atomic E-state index is 0.0631. The Morgan fingerprint density at radius 2 is 2.22 bits per heavy atom. The second kappa shape index (κ2) is 7.85. The van der Waals surface area contributed by atoms with Crippen LogP contribution in [0.15, 0.2) is 22.8 Å². The molecule has 1 fully saturated rings. The van der Waals surface area contributed by atoms with E-state index in [1.807, 2.05) is 0 Å². The number of amides is 1. The van der Waals surface area contributed by atoms with Gasteiger partial charge in [-0.05, 0) is 43.7 Å². The molecule has 0 spiro atoms. The molecular weight excluding hydrogens is 383 g/mol. The largest absolute Gasteiger partial charge is 0.461 e. The van der Waals surface area contributed by atoms with E-state index in [2.05, 4.69) is 5.10 Å². The van der Waals surface area contributed by atoms with Crippen molar-refractivity contribution >= 4 is 18.1 Å². The highest BCUT2D eigenvalue weighted by molar-refractivity contribution is 7.71. The third kappa shape index (κ3) is 4.59. The van der Waals surface area contributed by atoms with Crippen molar-refractivity contribution in [3.05, 3.63) is 23.2 Å². The second-order valence-corrected chi connectivity index (χ2v) is 6.92. The minimum Gasteiger partial charge on any atom is -0.461 e. The van der Waals surface area contributed by atoms with Crippen LogP contribution in [-0.2, 0) is 18.0 Å². The van der Waals surface area contributed by atoms with E-state index in [1.165, 1.54) is 10.9 Å². The van der Waals surface area contributed by atoms with Crippen molar-refractivity contribution in [3.63, 3.8) is 0 Å². The normalized spacial score (nSPS) is 18.7. The highest BCUT2D eigenvalue weighted by Crippen LogP contribution is 2.33. The van der Waals surface area contributed by atoms with Crippen molar-refractivity contribution < 1.29 is 22.4 Å². The topological polar surface area (TPSA) is 82.2 Å². The molecule has 2 N–H and O–H groups in total. The molecule has 0 radical (unpaired) electrons. The van der Waals surface area contributed by atoms with Crippen LogP contribution in [0.3, 0.4) is 0 Å². The Labute approximate surface area is 158 Å². The van der Waals surface area contributed by atoms with Crippen LogP contribution in [0.5, 0.6) is 0 Å². The van der Waals surface area contributed by atoms with E-state index >= 15 is 0 Å². The highest BCUT2D eigenvalue weighted by Gasteiger charge is 2.41. The van der Waals surface area contributed by atoms with E-state index in [0.29, 0.717) is 29.3 Å². The van der Waals surface area contributed by atoms with E-state index in [0.717, 1.165) is 0 Å². The lowest BCUT2D eigenvalue weighted by Gasteiger charge is -2.33. The zero-order valence-corrected chi connectivity index (χ0v) is 15.3. The third-order valence-corrected chi connectivity index (χ3v) is 4.98. The van der Waals surface area contributed by atoms with Crippen LogP contribution in [0.25, 0.3) is 11.6 Å². The highest BCUT2D eigenvalue weighted by atomic mass is 32.1. The number of furan rings is 1. The van der Waals surface area contributed by atoms with Crippen LogP contribution in [0.4, 0.5) is 13.2 Å². The summed E-state index contributed by atoms with van der Waals surface area (Å²) in [6.07, 6.45) is -2.07.